The highest BCUT2D eigenvalue weighted by molar-refractivity contribution is 5.31. The van der Waals surface area contributed by atoms with Crippen LogP contribution in [0.25, 0.3) is 0 Å². The van der Waals surface area contributed by atoms with E-state index in [0.717, 1.165) is 23.9 Å². The van der Waals surface area contributed by atoms with Crippen LogP contribution in [0, 0.1) is 23.6 Å². The van der Waals surface area contributed by atoms with E-state index in [-0.39, 0.29) is 5.82 Å². The molecule has 0 bridgehead atoms. The molecule has 2 nitrogen and oxygen atoms in total. The molecule has 2 saturated carbocycles. The summed E-state index contributed by atoms with van der Waals surface area (Å²) in [6.45, 7) is 3.03. The fourth-order valence-corrected chi connectivity index (χ4v) is 3.69. The lowest BCUT2D eigenvalue weighted by molar-refractivity contribution is 0.343. The summed E-state index contributed by atoms with van der Waals surface area (Å²) in [5, 5.41) is 3.54. The van der Waals surface area contributed by atoms with Crippen LogP contribution in [0.3, 0.4) is 0 Å². The van der Waals surface area contributed by atoms with Crippen molar-refractivity contribution in [2.24, 2.45) is 17.8 Å². The summed E-state index contributed by atoms with van der Waals surface area (Å²) in [7, 11) is 1.50. The van der Waals surface area contributed by atoms with Gasteiger partial charge in [-0.25, -0.2) is 4.39 Å². The molecule has 0 spiro atoms. The molecule has 0 aromatic heterocycles. The lowest BCUT2D eigenvalue weighted by Crippen LogP contribution is -2.27. The first-order valence-corrected chi connectivity index (χ1v) is 7.29. The molecule has 0 saturated heterocycles. The van der Waals surface area contributed by atoms with E-state index in [2.05, 4.69) is 12.2 Å². The summed E-state index contributed by atoms with van der Waals surface area (Å²) < 4.78 is 18.9. The number of hydrogen-bond acceptors (Lipinski definition) is 2. The van der Waals surface area contributed by atoms with E-state index in [4.69, 9.17) is 4.74 Å². The highest BCUT2D eigenvalue weighted by Crippen LogP contribution is 2.57. The van der Waals surface area contributed by atoms with Gasteiger partial charge >= 0.3 is 0 Å². The molecule has 3 unspecified atom stereocenters. The van der Waals surface area contributed by atoms with Gasteiger partial charge in [0.25, 0.3) is 0 Å². The second-order valence-electron chi connectivity index (χ2n) is 5.92. The van der Waals surface area contributed by atoms with Crippen LogP contribution in [-0.4, -0.2) is 13.7 Å². The van der Waals surface area contributed by atoms with E-state index < -0.39 is 0 Å². The minimum absolute atomic E-state index is 0.258. The zero-order chi connectivity index (χ0) is 13.4. The van der Waals surface area contributed by atoms with Gasteiger partial charge in [-0.2, -0.15) is 0 Å². The van der Waals surface area contributed by atoms with Gasteiger partial charge in [-0.15, -0.1) is 0 Å². The zero-order valence-electron chi connectivity index (χ0n) is 11.7. The number of nitrogens with one attached hydrogen (secondary N) is 1. The minimum atomic E-state index is -0.258. The van der Waals surface area contributed by atoms with Gasteiger partial charge in [0.1, 0.15) is 0 Å². The average molecular weight is 263 g/mol. The Bertz CT molecular complexity index is 452. The Balaban J connectivity index is 1.80. The third-order valence-corrected chi connectivity index (χ3v) is 4.71. The van der Waals surface area contributed by atoms with E-state index in [9.17, 15) is 4.39 Å². The van der Waals surface area contributed by atoms with Gasteiger partial charge in [0.05, 0.1) is 7.11 Å². The van der Waals surface area contributed by atoms with Crippen molar-refractivity contribution >= 4 is 0 Å². The molecule has 3 rings (SSSR count). The maximum absolute atomic E-state index is 13.9. The second kappa shape index (κ2) is 5.12. The molecule has 0 aliphatic heterocycles. The monoisotopic (exact) mass is 263 g/mol. The molecule has 2 aliphatic rings. The highest BCUT2D eigenvalue weighted by Gasteiger charge is 2.47. The molecule has 3 heteroatoms. The average Bonchev–Trinajstić information content (AvgIpc) is 3.02. The van der Waals surface area contributed by atoms with Crippen LogP contribution in [0.15, 0.2) is 18.2 Å². The molecule has 104 valence electrons. The molecule has 19 heavy (non-hydrogen) atoms. The van der Waals surface area contributed by atoms with Gasteiger partial charge in [-0.05, 0) is 61.3 Å². The van der Waals surface area contributed by atoms with E-state index in [1.54, 1.807) is 12.1 Å². The van der Waals surface area contributed by atoms with Gasteiger partial charge in [-0.3, -0.25) is 0 Å². The van der Waals surface area contributed by atoms with Crippen LogP contribution in [0.4, 0.5) is 4.39 Å². The van der Waals surface area contributed by atoms with Crippen molar-refractivity contribution in [1.29, 1.82) is 0 Å². The Kier molecular flexibility index (Phi) is 3.48. The maximum Gasteiger partial charge on any atom is 0.165 e. The topological polar surface area (TPSA) is 21.3 Å². The molecule has 0 heterocycles. The van der Waals surface area contributed by atoms with Gasteiger partial charge in [0.15, 0.2) is 11.6 Å². The van der Waals surface area contributed by atoms with Crippen LogP contribution in [0.2, 0.25) is 0 Å². The number of hydrogen-bond donors (Lipinski definition) is 1. The molecule has 2 aliphatic carbocycles. The lowest BCUT2D eigenvalue weighted by Gasteiger charge is -2.26. The van der Waals surface area contributed by atoms with Crippen molar-refractivity contribution in [1.82, 2.24) is 5.32 Å². The first-order chi connectivity index (χ1) is 9.22. The Hall–Kier alpha value is -1.09. The van der Waals surface area contributed by atoms with E-state index in [0.29, 0.717) is 17.7 Å². The molecule has 1 aromatic carbocycles. The van der Waals surface area contributed by atoms with Crippen LogP contribution in [-0.2, 0) is 0 Å². The number of rotatable bonds is 5. The fourth-order valence-electron chi connectivity index (χ4n) is 3.69. The zero-order valence-corrected chi connectivity index (χ0v) is 11.7. The van der Waals surface area contributed by atoms with Crippen LogP contribution >= 0.6 is 0 Å². The Morgan fingerprint density at radius 1 is 1.32 bits per heavy atom. The molecular formula is C16H22FNO. The predicted molar refractivity (Wildman–Crippen MR) is 73.7 cm³/mol. The SMILES string of the molecule is CCNC(c1ccc(OC)c(F)c1)C1CC2CC2C1. The summed E-state index contributed by atoms with van der Waals surface area (Å²) in [5.41, 5.74) is 1.06. The highest BCUT2D eigenvalue weighted by atomic mass is 19.1. The number of ether oxygens (including phenoxy) is 1. The van der Waals surface area contributed by atoms with Crippen molar-refractivity contribution in [3.8, 4) is 5.75 Å². The molecule has 3 atom stereocenters. The van der Waals surface area contributed by atoms with Crippen molar-refractivity contribution in [3.63, 3.8) is 0 Å². The lowest BCUT2D eigenvalue weighted by atomic mass is 9.89. The number of fused-ring (bicyclic) bond motifs is 1. The van der Waals surface area contributed by atoms with Crippen LogP contribution in [0.1, 0.15) is 37.8 Å². The summed E-state index contributed by atoms with van der Waals surface area (Å²) >= 11 is 0. The molecule has 0 amide bonds. The van der Waals surface area contributed by atoms with E-state index >= 15 is 0 Å². The maximum atomic E-state index is 13.9. The molecule has 2 fully saturated rings. The van der Waals surface area contributed by atoms with Crippen LogP contribution < -0.4 is 10.1 Å². The Morgan fingerprint density at radius 2 is 2.05 bits per heavy atom. The Labute approximate surface area is 114 Å². The largest absolute Gasteiger partial charge is 0.494 e. The molecule has 0 radical (unpaired) electrons. The van der Waals surface area contributed by atoms with Crippen molar-refractivity contribution in [3.05, 3.63) is 29.6 Å². The number of methoxy groups -OCH3 is 1. The van der Waals surface area contributed by atoms with Crippen molar-refractivity contribution in [2.45, 2.75) is 32.2 Å². The molecule has 1 aromatic rings. The van der Waals surface area contributed by atoms with E-state index in [1.165, 1.54) is 26.4 Å². The molecule has 1 N–H and O–H groups in total. The molecular weight excluding hydrogens is 241 g/mol. The summed E-state index contributed by atoms with van der Waals surface area (Å²) in [6, 6.07) is 5.66. The van der Waals surface area contributed by atoms with Gasteiger partial charge in [0.2, 0.25) is 0 Å². The smallest absolute Gasteiger partial charge is 0.165 e. The number of benzene rings is 1. The quantitative estimate of drug-likeness (QED) is 0.877. The predicted octanol–water partition coefficient (Wildman–Crippen LogP) is 3.53. The first kappa shape index (κ1) is 12.9. The van der Waals surface area contributed by atoms with Crippen molar-refractivity contribution < 1.29 is 9.13 Å². The summed E-state index contributed by atoms with van der Waals surface area (Å²) in [6.07, 6.45) is 4.03. The van der Waals surface area contributed by atoms with Gasteiger partial charge < -0.3 is 10.1 Å². The van der Waals surface area contributed by atoms with Crippen LogP contribution in [0.5, 0.6) is 5.75 Å². The summed E-state index contributed by atoms with van der Waals surface area (Å²) in [4.78, 5) is 0. The first-order valence-electron chi connectivity index (χ1n) is 7.29. The third kappa shape index (κ3) is 2.48. The third-order valence-electron chi connectivity index (χ3n) is 4.71. The minimum Gasteiger partial charge on any atom is -0.494 e. The second-order valence-corrected chi connectivity index (χ2v) is 5.92. The van der Waals surface area contributed by atoms with Gasteiger partial charge in [-0.1, -0.05) is 13.0 Å². The standard InChI is InChI=1S/C16H22FNO/c1-3-18-16(13-7-11-6-12(11)8-13)10-4-5-15(19-2)14(17)9-10/h4-5,9,11-13,16,18H,3,6-8H2,1-2H3. The van der Waals surface area contributed by atoms with E-state index in [1.807, 2.05) is 6.07 Å². The summed E-state index contributed by atoms with van der Waals surface area (Å²) in [5.74, 6) is 2.64. The normalized spacial score (nSPS) is 29.9. The van der Waals surface area contributed by atoms with Crippen molar-refractivity contribution in [2.75, 3.05) is 13.7 Å². The fraction of sp³-hybridized carbons (Fsp3) is 0.625. The van der Waals surface area contributed by atoms with Gasteiger partial charge in [0, 0.05) is 6.04 Å². The Morgan fingerprint density at radius 3 is 2.63 bits per heavy atom. The number of halogens is 1.